The molecule has 56 valence electrons. The van der Waals surface area contributed by atoms with Gasteiger partial charge in [0, 0.05) is 0 Å². The van der Waals surface area contributed by atoms with Gasteiger partial charge in [-0.2, -0.15) is 0 Å². The molecule has 1 unspecified atom stereocenters. The molecule has 4 nitrogen and oxygen atoms in total. The maximum Gasteiger partial charge on any atom is 1.00 e. The summed E-state index contributed by atoms with van der Waals surface area (Å²) in [6.45, 7) is -0.929. The van der Waals surface area contributed by atoms with Crippen LogP contribution in [0.4, 0.5) is 4.39 Å². The molecule has 0 radical (unpaired) electrons. The maximum atomic E-state index is 11.8. The molecule has 0 aliphatic heterocycles. The second-order valence-corrected chi connectivity index (χ2v) is 2.95. The third kappa shape index (κ3) is 9.44. The first-order chi connectivity index (χ1) is 3.95. The van der Waals surface area contributed by atoms with E-state index >= 15 is 0 Å². The smallest absolute Gasteiger partial charge is 0.748 e. The van der Waals surface area contributed by atoms with Crippen molar-refractivity contribution in [3.8, 4) is 0 Å². The van der Waals surface area contributed by atoms with Crippen LogP contribution in [0.5, 0.6) is 0 Å². The molecule has 0 aromatic rings. The molecule has 0 heterocycles. The number of aliphatic hydroxyl groups is 1. The zero-order valence-corrected chi connectivity index (χ0v) is 9.39. The molecule has 0 saturated carbocycles. The van der Waals surface area contributed by atoms with Crippen LogP contribution in [0.25, 0.3) is 0 Å². The van der Waals surface area contributed by atoms with Gasteiger partial charge < -0.3 is 9.66 Å². The van der Waals surface area contributed by atoms with Crippen LogP contribution in [0.3, 0.4) is 0 Å². The first-order valence-electron chi connectivity index (χ1n) is 2.14. The van der Waals surface area contributed by atoms with Gasteiger partial charge in [0.05, 0.1) is 22.5 Å². The predicted octanol–water partition coefficient (Wildman–Crippen LogP) is -4.13. The molecule has 0 aromatic heterocycles. The summed E-state index contributed by atoms with van der Waals surface area (Å²) in [5.41, 5.74) is 0. The largest absolute Gasteiger partial charge is 1.00 e. The van der Waals surface area contributed by atoms with Gasteiger partial charge in [-0.05, 0) is 0 Å². The average molecular weight is 196 g/mol. The molecule has 0 aliphatic rings. The van der Waals surface area contributed by atoms with Crippen molar-refractivity contribution in [3.63, 3.8) is 0 Å². The Morgan fingerprint density at radius 1 is 1.60 bits per heavy atom. The number of alkyl halides is 1. The molecule has 0 saturated heterocycles. The van der Waals surface area contributed by atoms with E-state index in [1.165, 1.54) is 0 Å². The quantitative estimate of drug-likeness (QED) is 0.367. The monoisotopic (exact) mass is 196 g/mol. The fraction of sp³-hybridized carbons (Fsp3) is 1.00. The average Bonchev–Trinajstić information content (AvgIpc) is 1.62. The zero-order chi connectivity index (χ0) is 7.49. The van der Waals surface area contributed by atoms with Crippen molar-refractivity contribution in [2.24, 2.45) is 0 Å². The molecule has 0 amide bonds. The van der Waals surface area contributed by atoms with Crippen LogP contribution in [0.15, 0.2) is 0 Å². The Balaban J connectivity index is 0. The normalized spacial score (nSPS) is 13.9. The van der Waals surface area contributed by atoms with Gasteiger partial charge in [-0.1, -0.05) is 0 Å². The molecule has 1 N–H and O–H groups in total. The fourth-order valence-corrected chi connectivity index (χ4v) is 0.823. The van der Waals surface area contributed by atoms with Crippen LogP contribution in [0, 0.1) is 0 Å². The predicted molar refractivity (Wildman–Crippen MR) is 26.5 cm³/mol. The number of halogens is 1. The van der Waals surface area contributed by atoms with E-state index in [1.54, 1.807) is 0 Å². The third-order valence-corrected chi connectivity index (χ3v) is 1.35. The topological polar surface area (TPSA) is 77.4 Å². The van der Waals surface area contributed by atoms with E-state index in [4.69, 9.17) is 5.11 Å². The number of rotatable bonds is 3. The molecule has 0 fully saturated rings. The Labute approximate surface area is 101 Å². The fourth-order valence-electron chi connectivity index (χ4n) is 0.274. The second kappa shape index (κ2) is 6.01. The van der Waals surface area contributed by atoms with E-state index in [0.717, 1.165) is 0 Å². The van der Waals surface area contributed by atoms with E-state index < -0.39 is 28.6 Å². The number of aliphatic hydroxyl groups excluding tert-OH is 1. The summed E-state index contributed by atoms with van der Waals surface area (Å²) < 4.78 is 40.9. The van der Waals surface area contributed by atoms with Crippen LogP contribution in [0.1, 0.15) is 0 Å². The molecule has 0 aromatic carbocycles. The zero-order valence-electron chi connectivity index (χ0n) is 5.45. The van der Waals surface area contributed by atoms with Gasteiger partial charge in [-0.3, -0.25) is 0 Å². The van der Waals surface area contributed by atoms with Crippen LogP contribution < -0.4 is 51.4 Å². The van der Waals surface area contributed by atoms with Crippen LogP contribution in [-0.2, 0) is 10.1 Å². The summed E-state index contributed by atoms with van der Waals surface area (Å²) in [6, 6.07) is 0. The summed E-state index contributed by atoms with van der Waals surface area (Å²) in [4.78, 5) is 0. The van der Waals surface area contributed by atoms with E-state index in [9.17, 15) is 17.4 Å². The standard InChI is InChI=1S/C3H7FO4S.K/c4-3(1-5)2-9(6,7)8;/h3,5H,1-2H2,(H,6,7,8);/q;+1/p-1. The molecular formula is C3H6FKO4S. The molecule has 1 atom stereocenters. The van der Waals surface area contributed by atoms with E-state index in [1.807, 2.05) is 0 Å². The summed E-state index contributed by atoms with van der Waals surface area (Å²) in [7, 11) is -4.52. The van der Waals surface area contributed by atoms with Crippen molar-refractivity contribution in [1.29, 1.82) is 0 Å². The van der Waals surface area contributed by atoms with Gasteiger partial charge in [0.2, 0.25) is 0 Å². The van der Waals surface area contributed by atoms with Gasteiger partial charge in [0.1, 0.15) is 6.17 Å². The van der Waals surface area contributed by atoms with E-state index in [-0.39, 0.29) is 51.4 Å². The summed E-state index contributed by atoms with van der Waals surface area (Å²) >= 11 is 0. The van der Waals surface area contributed by atoms with Gasteiger partial charge in [-0.15, -0.1) is 0 Å². The minimum Gasteiger partial charge on any atom is -0.748 e. The van der Waals surface area contributed by atoms with Crippen LogP contribution in [-0.4, -0.2) is 36.6 Å². The minimum atomic E-state index is -4.52. The Hall–Kier alpha value is 1.44. The molecule has 0 aliphatic carbocycles. The van der Waals surface area contributed by atoms with E-state index in [2.05, 4.69) is 0 Å². The summed E-state index contributed by atoms with van der Waals surface area (Å²) in [5.74, 6) is -1.15. The Morgan fingerprint density at radius 3 is 2.10 bits per heavy atom. The molecule has 7 heteroatoms. The Bertz CT molecular complexity index is 167. The Kier molecular flexibility index (Phi) is 8.41. The molecule has 0 bridgehead atoms. The molecule has 0 spiro atoms. The molecule has 0 rings (SSSR count). The van der Waals surface area contributed by atoms with Crippen molar-refractivity contribution in [2.45, 2.75) is 6.17 Å². The summed E-state index contributed by atoms with van der Waals surface area (Å²) in [5, 5.41) is 7.92. The maximum absolute atomic E-state index is 11.8. The first kappa shape index (κ1) is 14.0. The SMILES string of the molecule is O=S(=O)([O-])CC(F)CO.[K+]. The second-order valence-electron chi connectivity index (χ2n) is 1.50. The minimum absolute atomic E-state index is 0. The van der Waals surface area contributed by atoms with Crippen molar-refractivity contribution < 1.29 is 73.9 Å². The van der Waals surface area contributed by atoms with Crippen molar-refractivity contribution in [2.75, 3.05) is 12.4 Å². The van der Waals surface area contributed by atoms with Crippen LogP contribution >= 0.6 is 0 Å². The third-order valence-electron chi connectivity index (χ3n) is 0.583. The van der Waals surface area contributed by atoms with E-state index in [0.29, 0.717) is 0 Å². The van der Waals surface area contributed by atoms with Gasteiger partial charge in [0.15, 0.2) is 0 Å². The molecule has 10 heavy (non-hydrogen) atoms. The summed E-state index contributed by atoms with van der Waals surface area (Å²) in [6.07, 6.45) is -1.95. The van der Waals surface area contributed by atoms with Crippen LogP contribution in [0.2, 0.25) is 0 Å². The van der Waals surface area contributed by atoms with Crippen molar-refractivity contribution >= 4 is 10.1 Å². The Morgan fingerprint density at radius 2 is 2.00 bits per heavy atom. The molecular weight excluding hydrogens is 190 g/mol. The first-order valence-corrected chi connectivity index (χ1v) is 3.72. The number of hydrogen-bond donors (Lipinski definition) is 1. The van der Waals surface area contributed by atoms with Crippen molar-refractivity contribution in [1.82, 2.24) is 0 Å². The van der Waals surface area contributed by atoms with Crippen molar-refractivity contribution in [3.05, 3.63) is 0 Å². The number of hydrogen-bond acceptors (Lipinski definition) is 4. The van der Waals surface area contributed by atoms with Gasteiger partial charge in [0.25, 0.3) is 0 Å². The van der Waals surface area contributed by atoms with Gasteiger partial charge >= 0.3 is 51.4 Å². The van der Waals surface area contributed by atoms with Gasteiger partial charge in [-0.25, -0.2) is 12.8 Å².